The Bertz CT molecular complexity index is 568. The fourth-order valence-electron chi connectivity index (χ4n) is 3.16. The third-order valence-electron chi connectivity index (χ3n) is 4.00. The van der Waals surface area contributed by atoms with E-state index in [0.717, 1.165) is 24.8 Å². The third kappa shape index (κ3) is 3.07. The standard InChI is InChI=1S/C18H20FN/c1-13(9-14-5-4-8-17(19)10-14)20-18-11-15-6-2-3-7-16(15)12-18/h2-8,10,13,18,20H,9,11-12H2,1H3. The molecule has 0 aromatic heterocycles. The van der Waals surface area contributed by atoms with E-state index < -0.39 is 0 Å². The monoisotopic (exact) mass is 269 g/mol. The average molecular weight is 269 g/mol. The van der Waals surface area contributed by atoms with Crippen molar-refractivity contribution in [3.63, 3.8) is 0 Å². The number of nitrogens with one attached hydrogen (secondary N) is 1. The van der Waals surface area contributed by atoms with Gasteiger partial charge in [-0.25, -0.2) is 4.39 Å². The van der Waals surface area contributed by atoms with Gasteiger partial charge in [0.15, 0.2) is 0 Å². The number of rotatable bonds is 4. The second-order valence-electron chi connectivity index (χ2n) is 5.78. The van der Waals surface area contributed by atoms with Gasteiger partial charge < -0.3 is 5.32 Å². The van der Waals surface area contributed by atoms with Crippen LogP contribution in [0, 0.1) is 5.82 Å². The molecule has 104 valence electrons. The molecule has 1 nitrogen and oxygen atoms in total. The van der Waals surface area contributed by atoms with Crippen LogP contribution < -0.4 is 5.32 Å². The number of hydrogen-bond donors (Lipinski definition) is 1. The van der Waals surface area contributed by atoms with Crippen LogP contribution in [0.2, 0.25) is 0 Å². The van der Waals surface area contributed by atoms with Gasteiger partial charge in [0.05, 0.1) is 0 Å². The molecule has 0 aliphatic heterocycles. The van der Waals surface area contributed by atoms with Crippen molar-refractivity contribution in [1.29, 1.82) is 0 Å². The number of halogens is 1. The smallest absolute Gasteiger partial charge is 0.123 e. The zero-order valence-corrected chi connectivity index (χ0v) is 11.8. The fourth-order valence-corrected chi connectivity index (χ4v) is 3.16. The van der Waals surface area contributed by atoms with Gasteiger partial charge in [0.2, 0.25) is 0 Å². The van der Waals surface area contributed by atoms with E-state index in [0.29, 0.717) is 12.1 Å². The molecule has 20 heavy (non-hydrogen) atoms. The molecule has 0 saturated heterocycles. The minimum atomic E-state index is -0.150. The van der Waals surface area contributed by atoms with Crippen LogP contribution in [0.1, 0.15) is 23.6 Å². The van der Waals surface area contributed by atoms with Gasteiger partial charge in [-0.05, 0) is 55.0 Å². The number of benzene rings is 2. The van der Waals surface area contributed by atoms with Crippen LogP contribution in [0.5, 0.6) is 0 Å². The number of fused-ring (bicyclic) bond motifs is 1. The van der Waals surface area contributed by atoms with Crippen LogP contribution in [-0.2, 0) is 19.3 Å². The Labute approximate surface area is 119 Å². The van der Waals surface area contributed by atoms with E-state index in [4.69, 9.17) is 0 Å². The zero-order valence-electron chi connectivity index (χ0n) is 11.8. The van der Waals surface area contributed by atoms with Gasteiger partial charge in [0.25, 0.3) is 0 Å². The maximum absolute atomic E-state index is 13.2. The zero-order chi connectivity index (χ0) is 13.9. The first-order valence-corrected chi connectivity index (χ1v) is 7.28. The summed E-state index contributed by atoms with van der Waals surface area (Å²) >= 11 is 0. The molecule has 0 spiro atoms. The van der Waals surface area contributed by atoms with Gasteiger partial charge >= 0.3 is 0 Å². The lowest BCUT2D eigenvalue weighted by atomic mass is 10.1. The first-order chi connectivity index (χ1) is 9.70. The highest BCUT2D eigenvalue weighted by atomic mass is 19.1. The molecule has 0 radical (unpaired) electrons. The Kier molecular flexibility index (Phi) is 3.83. The highest BCUT2D eigenvalue weighted by molar-refractivity contribution is 5.33. The Hall–Kier alpha value is -1.67. The Morgan fingerprint density at radius 3 is 2.45 bits per heavy atom. The molecular weight excluding hydrogens is 249 g/mol. The molecule has 0 saturated carbocycles. The first-order valence-electron chi connectivity index (χ1n) is 7.28. The second-order valence-corrected chi connectivity index (χ2v) is 5.78. The predicted octanol–water partition coefficient (Wildman–Crippen LogP) is 3.51. The van der Waals surface area contributed by atoms with Crippen LogP contribution in [-0.4, -0.2) is 12.1 Å². The summed E-state index contributed by atoms with van der Waals surface area (Å²) in [5.41, 5.74) is 3.98. The molecular formula is C18H20FN. The van der Waals surface area contributed by atoms with Crippen molar-refractivity contribution >= 4 is 0 Å². The quantitative estimate of drug-likeness (QED) is 0.895. The van der Waals surface area contributed by atoms with E-state index in [1.807, 2.05) is 6.07 Å². The average Bonchev–Trinajstić information content (AvgIpc) is 2.80. The normalized spacial score (nSPS) is 16.1. The van der Waals surface area contributed by atoms with Gasteiger partial charge in [0, 0.05) is 12.1 Å². The lowest BCUT2D eigenvalue weighted by Gasteiger charge is -2.19. The van der Waals surface area contributed by atoms with E-state index in [2.05, 4.69) is 36.5 Å². The van der Waals surface area contributed by atoms with Gasteiger partial charge in [-0.15, -0.1) is 0 Å². The molecule has 1 N–H and O–H groups in total. The van der Waals surface area contributed by atoms with Crippen molar-refractivity contribution in [3.8, 4) is 0 Å². The summed E-state index contributed by atoms with van der Waals surface area (Å²) in [7, 11) is 0. The van der Waals surface area contributed by atoms with Gasteiger partial charge in [-0.2, -0.15) is 0 Å². The third-order valence-corrected chi connectivity index (χ3v) is 4.00. The van der Waals surface area contributed by atoms with E-state index >= 15 is 0 Å². The molecule has 0 fully saturated rings. The molecule has 1 aliphatic carbocycles. The van der Waals surface area contributed by atoms with Gasteiger partial charge in [0.1, 0.15) is 5.82 Å². The molecule has 1 atom stereocenters. The molecule has 0 bridgehead atoms. The highest BCUT2D eigenvalue weighted by Gasteiger charge is 2.21. The van der Waals surface area contributed by atoms with Gasteiger partial charge in [-0.1, -0.05) is 36.4 Å². The van der Waals surface area contributed by atoms with Crippen LogP contribution in [0.25, 0.3) is 0 Å². The molecule has 1 unspecified atom stereocenters. The second kappa shape index (κ2) is 5.76. The Morgan fingerprint density at radius 1 is 1.10 bits per heavy atom. The van der Waals surface area contributed by atoms with Crippen molar-refractivity contribution in [3.05, 3.63) is 71.0 Å². The number of hydrogen-bond acceptors (Lipinski definition) is 1. The van der Waals surface area contributed by atoms with Crippen LogP contribution in [0.15, 0.2) is 48.5 Å². The fraction of sp³-hybridized carbons (Fsp3) is 0.333. The van der Waals surface area contributed by atoms with E-state index in [1.165, 1.54) is 17.2 Å². The largest absolute Gasteiger partial charge is 0.311 e. The molecule has 3 rings (SSSR count). The van der Waals surface area contributed by atoms with Crippen molar-refractivity contribution in [2.75, 3.05) is 0 Å². The lowest BCUT2D eigenvalue weighted by Crippen LogP contribution is -2.38. The summed E-state index contributed by atoms with van der Waals surface area (Å²) in [6.07, 6.45) is 3.07. The molecule has 2 heteroatoms. The summed E-state index contributed by atoms with van der Waals surface area (Å²) in [5.74, 6) is -0.150. The lowest BCUT2D eigenvalue weighted by molar-refractivity contribution is 0.453. The molecule has 1 aliphatic rings. The molecule has 0 amide bonds. The maximum atomic E-state index is 13.2. The van der Waals surface area contributed by atoms with Crippen LogP contribution >= 0.6 is 0 Å². The first kappa shape index (κ1) is 13.3. The minimum Gasteiger partial charge on any atom is -0.311 e. The highest BCUT2D eigenvalue weighted by Crippen LogP contribution is 2.22. The van der Waals surface area contributed by atoms with Gasteiger partial charge in [-0.3, -0.25) is 0 Å². The molecule has 2 aromatic carbocycles. The van der Waals surface area contributed by atoms with E-state index in [9.17, 15) is 4.39 Å². The summed E-state index contributed by atoms with van der Waals surface area (Å²) in [4.78, 5) is 0. The van der Waals surface area contributed by atoms with Crippen molar-refractivity contribution in [2.45, 2.75) is 38.3 Å². The molecule has 2 aromatic rings. The van der Waals surface area contributed by atoms with Crippen molar-refractivity contribution in [2.24, 2.45) is 0 Å². The minimum absolute atomic E-state index is 0.150. The topological polar surface area (TPSA) is 12.0 Å². The maximum Gasteiger partial charge on any atom is 0.123 e. The SMILES string of the molecule is CC(Cc1cccc(F)c1)NC1Cc2ccccc2C1. The summed E-state index contributed by atoms with van der Waals surface area (Å²) in [6, 6.07) is 16.4. The van der Waals surface area contributed by atoms with E-state index in [-0.39, 0.29) is 5.82 Å². The van der Waals surface area contributed by atoms with Crippen molar-refractivity contribution < 1.29 is 4.39 Å². The van der Waals surface area contributed by atoms with Crippen LogP contribution in [0.3, 0.4) is 0 Å². The summed E-state index contributed by atoms with van der Waals surface area (Å²) in [6.45, 7) is 2.17. The predicted molar refractivity (Wildman–Crippen MR) is 80.3 cm³/mol. The van der Waals surface area contributed by atoms with E-state index in [1.54, 1.807) is 12.1 Å². The Morgan fingerprint density at radius 2 is 1.80 bits per heavy atom. The Balaban J connectivity index is 1.57. The summed E-state index contributed by atoms with van der Waals surface area (Å²) < 4.78 is 13.2. The van der Waals surface area contributed by atoms with Crippen molar-refractivity contribution in [1.82, 2.24) is 5.32 Å². The summed E-state index contributed by atoms with van der Waals surface area (Å²) in [5, 5.41) is 3.67. The molecule has 0 heterocycles. The van der Waals surface area contributed by atoms with Crippen LogP contribution in [0.4, 0.5) is 4.39 Å².